The Labute approximate surface area is 123 Å². The number of hydrogen-bond acceptors (Lipinski definition) is 5. The van der Waals surface area contributed by atoms with E-state index in [0.717, 1.165) is 38.4 Å². The third kappa shape index (κ3) is 2.80. The molecule has 4 nitrogen and oxygen atoms in total. The third-order valence-electron chi connectivity index (χ3n) is 3.92. The number of rotatable bonds is 4. The first-order valence-electron chi connectivity index (χ1n) is 7.06. The summed E-state index contributed by atoms with van der Waals surface area (Å²) in [6.45, 7) is 9.21. The molecule has 3 rings (SSSR count). The second kappa shape index (κ2) is 5.68. The SMILES string of the molecule is CC(C)(CNc1ccnc2ccsc12)N1CCOCC1. The van der Waals surface area contributed by atoms with Gasteiger partial charge in [-0.2, -0.15) is 0 Å². The molecule has 0 saturated carbocycles. The van der Waals surface area contributed by atoms with Crippen LogP contribution in [0.25, 0.3) is 10.2 Å². The first kappa shape index (κ1) is 13.8. The lowest BCUT2D eigenvalue weighted by Crippen LogP contribution is -2.53. The van der Waals surface area contributed by atoms with Gasteiger partial charge in [-0.05, 0) is 31.4 Å². The standard InChI is InChI=1S/C15H21N3OS/c1-15(2,18-6-8-19-9-7-18)11-17-12-3-5-16-13-4-10-20-14(12)13/h3-5,10H,6-9,11H2,1-2H3,(H,16,17). The van der Waals surface area contributed by atoms with Gasteiger partial charge in [0.05, 0.1) is 29.1 Å². The normalized spacial score (nSPS) is 17.5. The van der Waals surface area contributed by atoms with Crippen molar-refractivity contribution in [1.82, 2.24) is 9.88 Å². The van der Waals surface area contributed by atoms with E-state index in [9.17, 15) is 0 Å². The van der Waals surface area contributed by atoms with Crippen LogP contribution >= 0.6 is 11.3 Å². The van der Waals surface area contributed by atoms with Crippen molar-refractivity contribution in [3.63, 3.8) is 0 Å². The van der Waals surface area contributed by atoms with E-state index in [1.54, 1.807) is 11.3 Å². The lowest BCUT2D eigenvalue weighted by atomic mass is 10.0. The second-order valence-electron chi connectivity index (χ2n) is 5.76. The van der Waals surface area contributed by atoms with E-state index in [4.69, 9.17) is 4.74 Å². The predicted octanol–water partition coefficient (Wildman–Crippen LogP) is 2.82. The van der Waals surface area contributed by atoms with Gasteiger partial charge in [0.25, 0.3) is 0 Å². The summed E-state index contributed by atoms with van der Waals surface area (Å²) in [6.07, 6.45) is 1.87. The number of fused-ring (bicyclic) bond motifs is 1. The fourth-order valence-electron chi connectivity index (χ4n) is 2.60. The summed E-state index contributed by atoms with van der Waals surface area (Å²) in [4.78, 5) is 6.88. The summed E-state index contributed by atoms with van der Waals surface area (Å²) < 4.78 is 6.68. The molecule has 0 bridgehead atoms. The second-order valence-corrected chi connectivity index (χ2v) is 6.68. The number of aromatic nitrogens is 1. The van der Waals surface area contributed by atoms with Crippen molar-refractivity contribution in [3.05, 3.63) is 23.7 Å². The fourth-order valence-corrected chi connectivity index (χ4v) is 3.45. The van der Waals surface area contributed by atoms with E-state index in [1.807, 2.05) is 6.20 Å². The average molecular weight is 291 g/mol. The summed E-state index contributed by atoms with van der Waals surface area (Å²) in [7, 11) is 0. The van der Waals surface area contributed by atoms with E-state index in [1.165, 1.54) is 10.4 Å². The monoisotopic (exact) mass is 291 g/mol. The highest BCUT2D eigenvalue weighted by Gasteiger charge is 2.28. The van der Waals surface area contributed by atoms with Crippen LogP contribution in [0, 0.1) is 0 Å². The molecule has 0 amide bonds. The van der Waals surface area contributed by atoms with Crippen molar-refractivity contribution in [2.45, 2.75) is 19.4 Å². The van der Waals surface area contributed by atoms with Gasteiger partial charge in [-0.15, -0.1) is 11.3 Å². The van der Waals surface area contributed by atoms with Crippen LogP contribution in [0.5, 0.6) is 0 Å². The van der Waals surface area contributed by atoms with Crippen LogP contribution in [0.15, 0.2) is 23.7 Å². The van der Waals surface area contributed by atoms with E-state index in [0.29, 0.717) is 0 Å². The number of nitrogens with zero attached hydrogens (tertiary/aromatic N) is 2. The lowest BCUT2D eigenvalue weighted by Gasteiger charge is -2.41. The minimum absolute atomic E-state index is 0.122. The van der Waals surface area contributed by atoms with Crippen LogP contribution in [0.4, 0.5) is 5.69 Å². The summed E-state index contributed by atoms with van der Waals surface area (Å²) in [6, 6.07) is 4.13. The molecule has 2 aromatic rings. The molecule has 1 aliphatic heterocycles. The van der Waals surface area contributed by atoms with Gasteiger partial charge in [0, 0.05) is 31.4 Å². The Morgan fingerprint density at radius 3 is 2.95 bits per heavy atom. The molecular formula is C15H21N3OS. The zero-order valence-corrected chi connectivity index (χ0v) is 12.9. The topological polar surface area (TPSA) is 37.4 Å². The van der Waals surface area contributed by atoms with Crippen LogP contribution in [0.3, 0.4) is 0 Å². The zero-order chi connectivity index (χ0) is 14.0. The smallest absolute Gasteiger partial charge is 0.0830 e. The van der Waals surface area contributed by atoms with Gasteiger partial charge >= 0.3 is 0 Å². The molecule has 0 aliphatic carbocycles. The molecule has 1 N–H and O–H groups in total. The van der Waals surface area contributed by atoms with E-state index >= 15 is 0 Å². The number of hydrogen-bond donors (Lipinski definition) is 1. The molecule has 2 aromatic heterocycles. The number of nitrogens with one attached hydrogen (secondary N) is 1. The van der Waals surface area contributed by atoms with Crippen molar-refractivity contribution >= 4 is 27.2 Å². The molecule has 1 saturated heterocycles. The van der Waals surface area contributed by atoms with Crippen LogP contribution in [0.2, 0.25) is 0 Å². The molecule has 0 radical (unpaired) electrons. The quantitative estimate of drug-likeness (QED) is 0.940. The molecule has 0 atom stereocenters. The number of morpholine rings is 1. The molecule has 108 valence electrons. The largest absolute Gasteiger partial charge is 0.382 e. The highest BCUT2D eigenvalue weighted by Crippen LogP contribution is 2.27. The van der Waals surface area contributed by atoms with E-state index < -0.39 is 0 Å². The minimum atomic E-state index is 0.122. The summed E-state index contributed by atoms with van der Waals surface area (Å²) in [5.41, 5.74) is 2.38. The Morgan fingerprint density at radius 1 is 1.35 bits per heavy atom. The van der Waals surface area contributed by atoms with Crippen LogP contribution in [-0.4, -0.2) is 48.3 Å². The van der Waals surface area contributed by atoms with Gasteiger partial charge in [0.2, 0.25) is 0 Å². The van der Waals surface area contributed by atoms with Crippen LogP contribution in [-0.2, 0) is 4.74 Å². The zero-order valence-electron chi connectivity index (χ0n) is 12.1. The maximum absolute atomic E-state index is 5.44. The predicted molar refractivity (Wildman–Crippen MR) is 84.6 cm³/mol. The molecule has 0 aromatic carbocycles. The highest BCUT2D eigenvalue weighted by molar-refractivity contribution is 7.17. The van der Waals surface area contributed by atoms with Gasteiger partial charge in [0.1, 0.15) is 0 Å². The lowest BCUT2D eigenvalue weighted by molar-refractivity contribution is -0.00567. The van der Waals surface area contributed by atoms with Gasteiger partial charge in [-0.1, -0.05) is 0 Å². The Morgan fingerprint density at radius 2 is 2.15 bits per heavy atom. The summed E-state index contributed by atoms with van der Waals surface area (Å²) >= 11 is 1.74. The van der Waals surface area contributed by atoms with E-state index in [2.05, 4.69) is 46.6 Å². The average Bonchev–Trinajstić information content (AvgIpc) is 2.95. The number of ether oxygens (including phenoxy) is 1. The number of thiophene rings is 1. The summed E-state index contributed by atoms with van der Waals surface area (Å²) in [5, 5.41) is 5.69. The molecular weight excluding hydrogens is 270 g/mol. The van der Waals surface area contributed by atoms with Crippen molar-refractivity contribution in [2.75, 3.05) is 38.2 Å². The maximum atomic E-state index is 5.44. The molecule has 0 unspecified atom stereocenters. The molecule has 0 spiro atoms. The Kier molecular flexibility index (Phi) is 3.92. The van der Waals surface area contributed by atoms with Crippen molar-refractivity contribution in [2.24, 2.45) is 0 Å². The molecule has 1 aliphatic rings. The first-order valence-corrected chi connectivity index (χ1v) is 7.94. The van der Waals surface area contributed by atoms with Gasteiger partial charge in [-0.25, -0.2) is 0 Å². The summed E-state index contributed by atoms with van der Waals surface area (Å²) in [5.74, 6) is 0. The first-order chi connectivity index (χ1) is 9.67. The van der Waals surface area contributed by atoms with Crippen LogP contribution in [0.1, 0.15) is 13.8 Å². The molecule has 3 heterocycles. The third-order valence-corrected chi connectivity index (χ3v) is 4.86. The Hall–Kier alpha value is -1.17. The molecule has 1 fully saturated rings. The van der Waals surface area contributed by atoms with Gasteiger partial charge in [0.15, 0.2) is 0 Å². The molecule has 5 heteroatoms. The van der Waals surface area contributed by atoms with Crippen LogP contribution < -0.4 is 5.32 Å². The fraction of sp³-hybridized carbons (Fsp3) is 0.533. The number of anilines is 1. The molecule has 20 heavy (non-hydrogen) atoms. The minimum Gasteiger partial charge on any atom is -0.382 e. The van der Waals surface area contributed by atoms with Crippen molar-refractivity contribution < 1.29 is 4.74 Å². The van der Waals surface area contributed by atoms with E-state index in [-0.39, 0.29) is 5.54 Å². The van der Waals surface area contributed by atoms with Gasteiger partial charge < -0.3 is 10.1 Å². The van der Waals surface area contributed by atoms with Crippen molar-refractivity contribution in [1.29, 1.82) is 0 Å². The Balaban J connectivity index is 1.70. The van der Waals surface area contributed by atoms with Gasteiger partial charge in [-0.3, -0.25) is 9.88 Å². The van der Waals surface area contributed by atoms with Crippen molar-refractivity contribution in [3.8, 4) is 0 Å². The maximum Gasteiger partial charge on any atom is 0.0830 e. The highest BCUT2D eigenvalue weighted by atomic mass is 32.1. The number of pyridine rings is 1. The Bertz CT molecular complexity index is 575.